The van der Waals surface area contributed by atoms with Crippen LogP contribution in [0.25, 0.3) is 0 Å². The van der Waals surface area contributed by atoms with Crippen molar-refractivity contribution in [1.82, 2.24) is 4.90 Å². The van der Waals surface area contributed by atoms with Gasteiger partial charge >= 0.3 is 0 Å². The molecule has 2 aromatic rings. The number of anilines is 2. The molecule has 2 heterocycles. The minimum absolute atomic E-state index is 0.735. The van der Waals surface area contributed by atoms with Crippen LogP contribution in [0.4, 0.5) is 11.4 Å². The Kier molecular flexibility index (Phi) is 4.46. The van der Waals surface area contributed by atoms with E-state index < -0.39 is 0 Å². The lowest BCUT2D eigenvalue weighted by molar-refractivity contribution is 0.335. The first-order valence-electron chi connectivity index (χ1n) is 8.66. The smallest absolute Gasteiger partial charge is 0.0992 e. The number of likely N-dealkylation sites (tertiary alicyclic amines) is 1. The second-order valence-corrected chi connectivity index (χ2v) is 7.50. The van der Waals surface area contributed by atoms with Gasteiger partial charge < -0.3 is 9.80 Å². The maximum absolute atomic E-state index is 9.26. The first-order chi connectivity index (χ1) is 11.8. The third kappa shape index (κ3) is 3.02. The van der Waals surface area contributed by atoms with Crippen LogP contribution >= 0.6 is 11.8 Å². The Bertz CT molecular complexity index is 775. The standard InChI is InChI=1S/C20H21N3S/c21-15-16-8-9-20-18(14-16)23(13-5-12-22-10-3-4-11-22)17-6-1-2-7-19(17)24-20/h1-2,6-9,14H,3-5,10-13H2. The summed E-state index contributed by atoms with van der Waals surface area (Å²) >= 11 is 1.80. The SMILES string of the molecule is N#Cc1ccc2c(c1)N(CCCN1CCCC1)c1ccccc1S2. The van der Waals surface area contributed by atoms with Crippen LogP contribution in [0, 0.1) is 11.3 Å². The second kappa shape index (κ2) is 6.88. The van der Waals surface area contributed by atoms with Crippen molar-refractivity contribution in [2.75, 3.05) is 31.1 Å². The molecule has 3 nitrogen and oxygen atoms in total. The summed E-state index contributed by atoms with van der Waals surface area (Å²) in [6.45, 7) is 4.66. The largest absolute Gasteiger partial charge is 0.340 e. The van der Waals surface area contributed by atoms with E-state index in [2.05, 4.69) is 46.2 Å². The molecule has 0 amide bonds. The van der Waals surface area contributed by atoms with Crippen LogP contribution in [0.15, 0.2) is 52.3 Å². The van der Waals surface area contributed by atoms with E-state index in [0.29, 0.717) is 0 Å². The number of nitrogens with zero attached hydrogens (tertiary/aromatic N) is 3. The summed E-state index contributed by atoms with van der Waals surface area (Å²) in [5.41, 5.74) is 3.18. The molecule has 0 bridgehead atoms. The molecule has 0 aromatic heterocycles. The predicted molar refractivity (Wildman–Crippen MR) is 99.0 cm³/mol. The van der Waals surface area contributed by atoms with Crippen LogP contribution in [-0.2, 0) is 0 Å². The number of hydrogen-bond acceptors (Lipinski definition) is 4. The van der Waals surface area contributed by atoms with Crippen LogP contribution in [0.3, 0.4) is 0 Å². The molecule has 4 heteroatoms. The third-order valence-electron chi connectivity index (χ3n) is 4.81. The average molecular weight is 335 g/mol. The molecule has 2 aromatic carbocycles. The molecule has 2 aliphatic rings. The number of hydrogen-bond donors (Lipinski definition) is 0. The summed E-state index contributed by atoms with van der Waals surface area (Å²) in [4.78, 5) is 7.51. The summed E-state index contributed by atoms with van der Waals surface area (Å²) in [6, 6.07) is 16.9. The van der Waals surface area contributed by atoms with Gasteiger partial charge in [0.25, 0.3) is 0 Å². The normalized spacial score (nSPS) is 16.5. The lowest BCUT2D eigenvalue weighted by atomic mass is 10.1. The van der Waals surface area contributed by atoms with Gasteiger partial charge in [-0.15, -0.1) is 0 Å². The van der Waals surface area contributed by atoms with E-state index in [1.807, 2.05) is 12.1 Å². The molecule has 0 aliphatic carbocycles. The van der Waals surface area contributed by atoms with Gasteiger partial charge in [-0.3, -0.25) is 0 Å². The monoisotopic (exact) mass is 335 g/mol. The van der Waals surface area contributed by atoms with Gasteiger partial charge in [0.05, 0.1) is 23.0 Å². The Morgan fingerprint density at radius 3 is 2.58 bits per heavy atom. The van der Waals surface area contributed by atoms with E-state index in [0.717, 1.165) is 18.5 Å². The van der Waals surface area contributed by atoms with Crippen LogP contribution < -0.4 is 4.90 Å². The van der Waals surface area contributed by atoms with Gasteiger partial charge in [0, 0.05) is 16.3 Å². The molecule has 0 unspecified atom stereocenters. The minimum atomic E-state index is 0.735. The van der Waals surface area contributed by atoms with Crippen molar-refractivity contribution in [3.8, 4) is 6.07 Å². The summed E-state index contributed by atoms with van der Waals surface area (Å²) in [6.07, 6.45) is 3.84. The van der Waals surface area contributed by atoms with Crippen molar-refractivity contribution in [1.29, 1.82) is 5.26 Å². The van der Waals surface area contributed by atoms with Gasteiger partial charge in [-0.2, -0.15) is 5.26 Å². The second-order valence-electron chi connectivity index (χ2n) is 6.42. The molecule has 122 valence electrons. The summed E-state index contributed by atoms with van der Waals surface area (Å²) < 4.78 is 0. The quantitative estimate of drug-likeness (QED) is 0.814. The van der Waals surface area contributed by atoms with Crippen LogP contribution in [0.2, 0.25) is 0 Å². The zero-order valence-electron chi connectivity index (χ0n) is 13.7. The minimum Gasteiger partial charge on any atom is -0.340 e. The Labute approximate surface area is 147 Å². The molecule has 4 rings (SSSR count). The lowest BCUT2D eigenvalue weighted by Gasteiger charge is -2.33. The summed E-state index contributed by atoms with van der Waals surface area (Å²) in [7, 11) is 0. The highest BCUT2D eigenvalue weighted by Crippen LogP contribution is 2.48. The Balaban J connectivity index is 1.60. The Morgan fingerprint density at radius 2 is 1.75 bits per heavy atom. The topological polar surface area (TPSA) is 30.3 Å². The van der Waals surface area contributed by atoms with E-state index >= 15 is 0 Å². The van der Waals surface area contributed by atoms with Crippen molar-refractivity contribution < 1.29 is 0 Å². The molecule has 1 saturated heterocycles. The molecule has 0 radical (unpaired) electrons. The fourth-order valence-electron chi connectivity index (χ4n) is 3.60. The highest BCUT2D eigenvalue weighted by atomic mass is 32.2. The number of rotatable bonds is 4. The summed E-state index contributed by atoms with van der Waals surface area (Å²) in [5, 5.41) is 9.26. The number of fused-ring (bicyclic) bond motifs is 2. The molecule has 2 aliphatic heterocycles. The fraction of sp³-hybridized carbons (Fsp3) is 0.350. The van der Waals surface area contributed by atoms with Gasteiger partial charge in [-0.25, -0.2) is 0 Å². The average Bonchev–Trinajstić information content (AvgIpc) is 3.14. The highest BCUT2D eigenvalue weighted by molar-refractivity contribution is 7.99. The predicted octanol–water partition coefficient (Wildman–Crippen LogP) is 4.65. The fourth-order valence-corrected chi connectivity index (χ4v) is 4.67. The van der Waals surface area contributed by atoms with Crippen LogP contribution in [-0.4, -0.2) is 31.1 Å². The molecule has 0 atom stereocenters. The molecular weight excluding hydrogens is 314 g/mol. The van der Waals surface area contributed by atoms with E-state index in [4.69, 9.17) is 0 Å². The van der Waals surface area contributed by atoms with Gasteiger partial charge in [-0.05, 0) is 69.2 Å². The zero-order chi connectivity index (χ0) is 16.4. The molecule has 0 saturated carbocycles. The van der Waals surface area contributed by atoms with Crippen LogP contribution in [0.1, 0.15) is 24.8 Å². The van der Waals surface area contributed by atoms with Crippen LogP contribution in [0.5, 0.6) is 0 Å². The summed E-state index contributed by atoms with van der Waals surface area (Å²) in [5.74, 6) is 0. The van der Waals surface area contributed by atoms with E-state index in [-0.39, 0.29) is 0 Å². The molecule has 24 heavy (non-hydrogen) atoms. The van der Waals surface area contributed by atoms with Crippen molar-refractivity contribution in [2.24, 2.45) is 0 Å². The van der Waals surface area contributed by atoms with Crippen molar-refractivity contribution in [3.05, 3.63) is 48.0 Å². The highest BCUT2D eigenvalue weighted by Gasteiger charge is 2.23. The Hall–Kier alpha value is -1.96. The van der Waals surface area contributed by atoms with Gasteiger partial charge in [-0.1, -0.05) is 23.9 Å². The number of para-hydroxylation sites is 1. The van der Waals surface area contributed by atoms with Crippen molar-refractivity contribution >= 4 is 23.1 Å². The molecule has 0 N–H and O–H groups in total. The Morgan fingerprint density at radius 1 is 0.958 bits per heavy atom. The maximum atomic E-state index is 9.26. The van der Waals surface area contributed by atoms with Gasteiger partial charge in [0.1, 0.15) is 0 Å². The molecule has 0 spiro atoms. The third-order valence-corrected chi connectivity index (χ3v) is 5.94. The van der Waals surface area contributed by atoms with Gasteiger partial charge in [0.2, 0.25) is 0 Å². The van der Waals surface area contributed by atoms with Crippen molar-refractivity contribution in [3.63, 3.8) is 0 Å². The first-order valence-corrected chi connectivity index (χ1v) is 9.48. The lowest BCUT2D eigenvalue weighted by Crippen LogP contribution is -2.27. The van der Waals surface area contributed by atoms with Crippen molar-refractivity contribution in [2.45, 2.75) is 29.1 Å². The first kappa shape index (κ1) is 15.6. The van der Waals surface area contributed by atoms with E-state index in [9.17, 15) is 5.26 Å². The molecule has 1 fully saturated rings. The maximum Gasteiger partial charge on any atom is 0.0992 e. The number of benzene rings is 2. The molecular formula is C20H21N3S. The van der Waals surface area contributed by atoms with E-state index in [1.165, 1.54) is 53.6 Å². The zero-order valence-corrected chi connectivity index (χ0v) is 14.6. The van der Waals surface area contributed by atoms with Gasteiger partial charge in [0.15, 0.2) is 0 Å². The van der Waals surface area contributed by atoms with E-state index in [1.54, 1.807) is 11.8 Å². The number of nitriles is 1.